The molecule has 1 unspecified atom stereocenters. The molecule has 1 spiro atoms. The van der Waals surface area contributed by atoms with Crippen molar-refractivity contribution >= 4 is 5.97 Å². The second kappa shape index (κ2) is 3.45. The van der Waals surface area contributed by atoms with E-state index in [-0.39, 0.29) is 11.6 Å². The van der Waals surface area contributed by atoms with E-state index in [1.807, 2.05) is 51.1 Å². The van der Waals surface area contributed by atoms with E-state index in [1.54, 1.807) is 0 Å². The van der Waals surface area contributed by atoms with Crippen LogP contribution in [0, 0.1) is 6.92 Å². The maximum absolute atomic E-state index is 12.2. The molecular formula is C15H16O3. The summed E-state index contributed by atoms with van der Waals surface area (Å²) in [5.41, 5.74) is 0.463. The minimum absolute atomic E-state index is 0.341. The standard InChI is InChI=1S/C15H16O3/c1-10-5-6-11-12(9-10)17-13(16)15(11)8-4-7-14(2,3)18-15/h4-6,8-9H,7H2,1-3H3. The molecule has 0 bridgehead atoms. The van der Waals surface area contributed by atoms with Gasteiger partial charge in [-0.05, 0) is 44.9 Å². The fourth-order valence-electron chi connectivity index (χ4n) is 2.58. The van der Waals surface area contributed by atoms with Crippen molar-refractivity contribution in [2.24, 2.45) is 0 Å². The van der Waals surface area contributed by atoms with Crippen molar-refractivity contribution in [3.63, 3.8) is 0 Å². The molecular weight excluding hydrogens is 228 g/mol. The molecule has 1 atom stereocenters. The van der Waals surface area contributed by atoms with Gasteiger partial charge in [0.05, 0.1) is 5.60 Å². The van der Waals surface area contributed by atoms with Crippen molar-refractivity contribution in [1.29, 1.82) is 0 Å². The molecule has 2 heterocycles. The summed E-state index contributed by atoms with van der Waals surface area (Å²) in [5.74, 6) is 0.273. The number of esters is 1. The van der Waals surface area contributed by atoms with Crippen LogP contribution in [0.25, 0.3) is 0 Å². The van der Waals surface area contributed by atoms with E-state index < -0.39 is 5.60 Å². The number of carbonyl (C=O) groups excluding carboxylic acids is 1. The lowest BCUT2D eigenvalue weighted by molar-refractivity contribution is -0.172. The zero-order valence-electron chi connectivity index (χ0n) is 10.8. The average Bonchev–Trinajstić information content (AvgIpc) is 2.50. The van der Waals surface area contributed by atoms with Crippen molar-refractivity contribution in [3.8, 4) is 5.75 Å². The van der Waals surface area contributed by atoms with Gasteiger partial charge in [0.2, 0.25) is 5.60 Å². The smallest absolute Gasteiger partial charge is 0.352 e. The maximum atomic E-state index is 12.2. The highest BCUT2D eigenvalue weighted by molar-refractivity contribution is 5.91. The first-order chi connectivity index (χ1) is 8.43. The average molecular weight is 244 g/mol. The second-order valence-corrected chi connectivity index (χ2v) is 5.59. The Bertz CT molecular complexity index is 557. The number of hydrogen-bond donors (Lipinski definition) is 0. The van der Waals surface area contributed by atoms with Crippen LogP contribution in [0.5, 0.6) is 5.75 Å². The molecule has 2 aliphatic heterocycles. The molecule has 0 fully saturated rings. The molecule has 0 aromatic heterocycles. The summed E-state index contributed by atoms with van der Waals surface area (Å²) in [4.78, 5) is 12.2. The zero-order valence-corrected chi connectivity index (χ0v) is 10.8. The predicted octanol–water partition coefficient (Wildman–Crippen LogP) is 2.86. The number of carbonyl (C=O) groups is 1. The van der Waals surface area contributed by atoms with Crippen LogP contribution < -0.4 is 4.74 Å². The van der Waals surface area contributed by atoms with Gasteiger partial charge in [-0.1, -0.05) is 18.2 Å². The molecule has 18 heavy (non-hydrogen) atoms. The SMILES string of the molecule is Cc1ccc2c(c1)OC(=O)C21C=CCC(C)(C)O1. The number of ether oxygens (including phenoxy) is 2. The summed E-state index contributed by atoms with van der Waals surface area (Å²) in [6.45, 7) is 5.94. The molecule has 3 rings (SSSR count). The van der Waals surface area contributed by atoms with E-state index in [1.165, 1.54) is 0 Å². The van der Waals surface area contributed by atoms with Crippen LogP contribution in [0.4, 0.5) is 0 Å². The Kier molecular flexibility index (Phi) is 2.20. The minimum atomic E-state index is -1.05. The van der Waals surface area contributed by atoms with Gasteiger partial charge in [-0.2, -0.15) is 0 Å². The Morgan fingerprint density at radius 2 is 2.06 bits per heavy atom. The number of fused-ring (bicyclic) bond motifs is 2. The molecule has 0 saturated carbocycles. The first-order valence-electron chi connectivity index (χ1n) is 6.14. The Morgan fingerprint density at radius 1 is 1.28 bits per heavy atom. The maximum Gasteiger partial charge on any atom is 0.352 e. The molecule has 0 N–H and O–H groups in total. The van der Waals surface area contributed by atoms with Gasteiger partial charge in [0.25, 0.3) is 0 Å². The number of rotatable bonds is 0. The van der Waals surface area contributed by atoms with E-state index >= 15 is 0 Å². The molecule has 0 amide bonds. The number of aryl methyl sites for hydroxylation is 1. The Hall–Kier alpha value is -1.61. The topological polar surface area (TPSA) is 35.5 Å². The molecule has 3 nitrogen and oxygen atoms in total. The van der Waals surface area contributed by atoms with Crippen molar-refractivity contribution < 1.29 is 14.3 Å². The summed E-state index contributed by atoms with van der Waals surface area (Å²) in [7, 11) is 0. The molecule has 2 aliphatic rings. The summed E-state index contributed by atoms with van der Waals surface area (Å²) in [6.07, 6.45) is 4.62. The monoisotopic (exact) mass is 244 g/mol. The van der Waals surface area contributed by atoms with Crippen molar-refractivity contribution in [2.45, 2.75) is 38.4 Å². The third-order valence-electron chi connectivity index (χ3n) is 3.44. The van der Waals surface area contributed by atoms with Gasteiger partial charge in [-0.3, -0.25) is 0 Å². The van der Waals surface area contributed by atoms with Crippen LogP contribution in [-0.2, 0) is 15.1 Å². The molecule has 0 aliphatic carbocycles. The van der Waals surface area contributed by atoms with E-state index in [2.05, 4.69) is 0 Å². The summed E-state index contributed by atoms with van der Waals surface area (Å²) < 4.78 is 11.4. The van der Waals surface area contributed by atoms with Gasteiger partial charge in [-0.15, -0.1) is 0 Å². The lowest BCUT2D eigenvalue weighted by atomic mass is 9.88. The first-order valence-corrected chi connectivity index (χ1v) is 6.14. The van der Waals surface area contributed by atoms with Crippen LogP contribution in [0.3, 0.4) is 0 Å². The molecule has 0 saturated heterocycles. The van der Waals surface area contributed by atoms with Gasteiger partial charge in [0, 0.05) is 5.56 Å². The van der Waals surface area contributed by atoms with E-state index in [4.69, 9.17) is 9.47 Å². The fourth-order valence-corrected chi connectivity index (χ4v) is 2.58. The third kappa shape index (κ3) is 1.51. The lowest BCUT2D eigenvalue weighted by Crippen LogP contribution is -2.44. The highest BCUT2D eigenvalue weighted by Crippen LogP contribution is 2.47. The molecule has 3 heteroatoms. The predicted molar refractivity (Wildman–Crippen MR) is 67.4 cm³/mol. The van der Waals surface area contributed by atoms with Gasteiger partial charge in [0.15, 0.2) is 0 Å². The number of hydrogen-bond acceptors (Lipinski definition) is 3. The van der Waals surface area contributed by atoms with Crippen LogP contribution in [0.1, 0.15) is 31.4 Å². The quantitative estimate of drug-likeness (QED) is 0.400. The molecule has 1 aromatic rings. The Morgan fingerprint density at radius 3 is 2.78 bits per heavy atom. The van der Waals surface area contributed by atoms with Crippen molar-refractivity contribution in [3.05, 3.63) is 41.5 Å². The molecule has 1 aromatic carbocycles. The summed E-state index contributed by atoms with van der Waals surface area (Å²) in [5, 5.41) is 0. The van der Waals surface area contributed by atoms with Crippen LogP contribution >= 0.6 is 0 Å². The first kappa shape index (κ1) is 11.5. The van der Waals surface area contributed by atoms with Crippen molar-refractivity contribution in [2.75, 3.05) is 0 Å². The van der Waals surface area contributed by atoms with Gasteiger partial charge < -0.3 is 9.47 Å². The van der Waals surface area contributed by atoms with Crippen LogP contribution in [0.15, 0.2) is 30.4 Å². The fraction of sp³-hybridized carbons (Fsp3) is 0.400. The van der Waals surface area contributed by atoms with Gasteiger partial charge >= 0.3 is 5.97 Å². The number of benzene rings is 1. The van der Waals surface area contributed by atoms with E-state index in [0.29, 0.717) is 5.75 Å². The normalized spacial score (nSPS) is 28.3. The third-order valence-corrected chi connectivity index (χ3v) is 3.44. The van der Waals surface area contributed by atoms with Gasteiger partial charge in [-0.25, -0.2) is 4.79 Å². The molecule has 0 radical (unpaired) electrons. The largest absolute Gasteiger partial charge is 0.423 e. The van der Waals surface area contributed by atoms with E-state index in [9.17, 15) is 4.79 Å². The lowest BCUT2D eigenvalue weighted by Gasteiger charge is -2.37. The molecule has 94 valence electrons. The minimum Gasteiger partial charge on any atom is -0.423 e. The summed E-state index contributed by atoms with van der Waals surface area (Å²) in [6, 6.07) is 5.77. The van der Waals surface area contributed by atoms with Crippen molar-refractivity contribution in [1.82, 2.24) is 0 Å². The second-order valence-electron chi connectivity index (χ2n) is 5.59. The Balaban J connectivity index is 2.17. The van der Waals surface area contributed by atoms with Crippen LogP contribution in [0.2, 0.25) is 0 Å². The summed E-state index contributed by atoms with van der Waals surface area (Å²) >= 11 is 0. The highest BCUT2D eigenvalue weighted by atomic mass is 16.6. The van der Waals surface area contributed by atoms with Crippen LogP contribution in [-0.4, -0.2) is 11.6 Å². The van der Waals surface area contributed by atoms with Gasteiger partial charge in [0.1, 0.15) is 5.75 Å². The highest BCUT2D eigenvalue weighted by Gasteiger charge is 2.52. The Labute approximate surface area is 106 Å². The van der Waals surface area contributed by atoms with E-state index in [0.717, 1.165) is 17.5 Å². The zero-order chi connectivity index (χ0) is 13.0.